The molecule has 2 aromatic heterocycles. The highest BCUT2D eigenvalue weighted by atomic mass is 32.2. The molecule has 0 unspecified atom stereocenters. The number of aromatic amines is 1. The second kappa shape index (κ2) is 4.19. The number of nitrogens with one attached hydrogen (secondary N) is 1. The van der Waals surface area contributed by atoms with Crippen LogP contribution in [0.4, 0.5) is 11.6 Å². The van der Waals surface area contributed by atoms with Crippen molar-refractivity contribution in [2.24, 2.45) is 0 Å². The van der Waals surface area contributed by atoms with E-state index < -0.39 is 0 Å². The molecule has 0 spiro atoms. The van der Waals surface area contributed by atoms with Crippen LogP contribution in [0.15, 0.2) is 33.4 Å². The Morgan fingerprint density at radius 3 is 2.69 bits per heavy atom. The number of anilines is 2. The van der Waals surface area contributed by atoms with E-state index in [1.807, 2.05) is 0 Å². The van der Waals surface area contributed by atoms with E-state index in [0.29, 0.717) is 16.0 Å². The Morgan fingerprint density at radius 2 is 2.00 bits per heavy atom. The number of nitrogen functional groups attached to an aromatic ring is 2. The average molecular weight is 236 g/mol. The van der Waals surface area contributed by atoms with Crippen molar-refractivity contribution in [2.75, 3.05) is 11.5 Å². The Morgan fingerprint density at radius 1 is 1.19 bits per heavy atom. The fourth-order valence-corrected chi connectivity index (χ4v) is 1.78. The molecule has 0 bridgehead atoms. The number of nitrogens with two attached hydrogens (primary N) is 2. The molecule has 0 aliphatic rings. The number of rotatable bonds is 2. The van der Waals surface area contributed by atoms with Crippen LogP contribution in [0.1, 0.15) is 0 Å². The first-order valence-electron chi connectivity index (χ1n) is 4.26. The second-order valence-electron chi connectivity index (χ2n) is 2.86. The van der Waals surface area contributed by atoms with Gasteiger partial charge in [-0.2, -0.15) is 0 Å². The molecule has 5 N–H and O–H groups in total. The first-order chi connectivity index (χ1) is 7.63. The molecular formula is C8H8N6OS. The van der Waals surface area contributed by atoms with Gasteiger partial charge in [0.2, 0.25) is 0 Å². The van der Waals surface area contributed by atoms with Crippen LogP contribution < -0.4 is 17.0 Å². The van der Waals surface area contributed by atoms with Crippen LogP contribution in [0.25, 0.3) is 0 Å². The number of H-pyrrole nitrogens is 1. The predicted octanol–water partition coefficient (Wildman–Crippen LogP) is -0.125. The van der Waals surface area contributed by atoms with Crippen molar-refractivity contribution >= 4 is 23.4 Å². The molecule has 0 atom stereocenters. The van der Waals surface area contributed by atoms with Crippen molar-refractivity contribution in [3.63, 3.8) is 0 Å². The monoisotopic (exact) mass is 236 g/mol. The van der Waals surface area contributed by atoms with Gasteiger partial charge < -0.3 is 16.5 Å². The van der Waals surface area contributed by atoms with Gasteiger partial charge in [-0.25, -0.2) is 9.97 Å². The molecule has 8 heteroatoms. The maximum absolute atomic E-state index is 11.1. The lowest BCUT2D eigenvalue weighted by Gasteiger charge is -2.00. The van der Waals surface area contributed by atoms with Gasteiger partial charge in [0.15, 0.2) is 5.16 Å². The summed E-state index contributed by atoms with van der Waals surface area (Å²) >= 11 is 1.13. The average Bonchev–Trinajstić information content (AvgIpc) is 2.15. The molecule has 16 heavy (non-hydrogen) atoms. The molecule has 0 aromatic carbocycles. The number of aromatic nitrogens is 4. The summed E-state index contributed by atoms with van der Waals surface area (Å²) in [6, 6.07) is 1.20. The summed E-state index contributed by atoms with van der Waals surface area (Å²) in [7, 11) is 0. The van der Waals surface area contributed by atoms with Crippen molar-refractivity contribution in [1.29, 1.82) is 0 Å². The van der Waals surface area contributed by atoms with Gasteiger partial charge in [0.1, 0.15) is 16.7 Å². The van der Waals surface area contributed by atoms with Crippen LogP contribution in [0, 0.1) is 0 Å². The second-order valence-corrected chi connectivity index (χ2v) is 3.87. The van der Waals surface area contributed by atoms with E-state index in [2.05, 4.69) is 19.9 Å². The third-order valence-electron chi connectivity index (χ3n) is 1.57. The minimum absolute atomic E-state index is 0.156. The lowest BCUT2D eigenvalue weighted by atomic mass is 10.6. The summed E-state index contributed by atoms with van der Waals surface area (Å²) < 4.78 is 0. The molecule has 0 radical (unpaired) electrons. The molecule has 0 aliphatic carbocycles. The molecule has 2 aromatic rings. The van der Waals surface area contributed by atoms with E-state index in [1.165, 1.54) is 18.5 Å². The van der Waals surface area contributed by atoms with E-state index >= 15 is 0 Å². The third kappa shape index (κ3) is 2.48. The van der Waals surface area contributed by atoms with Crippen molar-refractivity contribution in [3.05, 3.63) is 28.8 Å². The Kier molecular flexibility index (Phi) is 2.73. The fourth-order valence-electron chi connectivity index (χ4n) is 1.01. The van der Waals surface area contributed by atoms with E-state index in [4.69, 9.17) is 11.5 Å². The van der Waals surface area contributed by atoms with Gasteiger partial charge in [-0.3, -0.25) is 9.78 Å². The first-order valence-corrected chi connectivity index (χ1v) is 5.07. The van der Waals surface area contributed by atoms with Gasteiger partial charge in [0.05, 0.1) is 12.4 Å². The highest BCUT2D eigenvalue weighted by Gasteiger charge is 2.03. The smallest absolute Gasteiger partial charge is 0.253 e. The Balaban J connectivity index is 2.30. The zero-order valence-corrected chi connectivity index (χ0v) is 8.86. The molecular weight excluding hydrogens is 228 g/mol. The van der Waals surface area contributed by atoms with Crippen LogP contribution in [0.3, 0.4) is 0 Å². The van der Waals surface area contributed by atoms with Crippen LogP contribution in [-0.2, 0) is 0 Å². The molecule has 0 aliphatic heterocycles. The summed E-state index contributed by atoms with van der Waals surface area (Å²) in [6.45, 7) is 0. The molecule has 7 nitrogen and oxygen atoms in total. The molecule has 0 saturated heterocycles. The Bertz CT molecular complexity index is 568. The number of nitrogens with zero attached hydrogens (tertiary/aromatic N) is 3. The lowest BCUT2D eigenvalue weighted by molar-refractivity contribution is 0.937. The molecule has 2 heterocycles. The SMILES string of the molecule is Nc1cncc(Sc2nc(N)cc(=O)[nH]2)n1. The van der Waals surface area contributed by atoms with Crippen LogP contribution in [0.2, 0.25) is 0 Å². The molecule has 0 saturated carbocycles. The van der Waals surface area contributed by atoms with E-state index in [9.17, 15) is 4.79 Å². The van der Waals surface area contributed by atoms with Crippen molar-refractivity contribution in [2.45, 2.75) is 10.2 Å². The minimum atomic E-state index is -0.313. The van der Waals surface area contributed by atoms with Gasteiger partial charge in [-0.1, -0.05) is 0 Å². The lowest BCUT2D eigenvalue weighted by Crippen LogP contribution is -2.09. The summed E-state index contributed by atoms with van der Waals surface area (Å²) in [4.78, 5) is 25.4. The highest BCUT2D eigenvalue weighted by Crippen LogP contribution is 2.21. The Hall–Kier alpha value is -2.09. The Labute approximate surface area is 94.3 Å². The standard InChI is InChI=1S/C8H8N6OS/c9-4-1-6(15)14-8(13-4)16-7-3-11-2-5(10)12-7/h1-3H,(H2,10,12)(H3,9,13,14,15). The minimum Gasteiger partial charge on any atom is -0.383 e. The van der Waals surface area contributed by atoms with Gasteiger partial charge in [-0.05, 0) is 11.8 Å². The van der Waals surface area contributed by atoms with E-state index in [-0.39, 0.29) is 11.4 Å². The quantitative estimate of drug-likeness (QED) is 0.620. The first kappa shape index (κ1) is 10.4. The van der Waals surface area contributed by atoms with Crippen LogP contribution in [-0.4, -0.2) is 19.9 Å². The molecule has 0 fully saturated rings. The zero-order chi connectivity index (χ0) is 11.5. The van der Waals surface area contributed by atoms with Crippen LogP contribution >= 0.6 is 11.8 Å². The maximum atomic E-state index is 11.1. The van der Waals surface area contributed by atoms with Gasteiger partial charge >= 0.3 is 0 Å². The molecule has 82 valence electrons. The summed E-state index contributed by atoms with van der Waals surface area (Å²) in [5.74, 6) is 0.458. The van der Waals surface area contributed by atoms with Crippen molar-refractivity contribution in [1.82, 2.24) is 19.9 Å². The van der Waals surface area contributed by atoms with Crippen LogP contribution in [0.5, 0.6) is 0 Å². The van der Waals surface area contributed by atoms with E-state index in [1.54, 1.807) is 0 Å². The highest BCUT2D eigenvalue weighted by molar-refractivity contribution is 7.99. The predicted molar refractivity (Wildman–Crippen MR) is 59.8 cm³/mol. The van der Waals surface area contributed by atoms with Gasteiger partial charge in [0.25, 0.3) is 5.56 Å². The third-order valence-corrected chi connectivity index (χ3v) is 2.36. The van der Waals surface area contributed by atoms with E-state index in [0.717, 1.165) is 11.8 Å². The molecule has 0 amide bonds. The summed E-state index contributed by atoms with van der Waals surface area (Å²) in [5, 5.41) is 0.888. The molecule has 2 rings (SSSR count). The zero-order valence-electron chi connectivity index (χ0n) is 8.04. The van der Waals surface area contributed by atoms with Crippen molar-refractivity contribution < 1.29 is 0 Å². The number of hydrogen-bond acceptors (Lipinski definition) is 7. The topological polar surface area (TPSA) is 124 Å². The van der Waals surface area contributed by atoms with Gasteiger partial charge in [-0.15, -0.1) is 0 Å². The number of hydrogen-bond donors (Lipinski definition) is 3. The van der Waals surface area contributed by atoms with Crippen molar-refractivity contribution in [3.8, 4) is 0 Å². The normalized spacial score (nSPS) is 10.2. The summed E-state index contributed by atoms with van der Waals surface area (Å²) in [5.41, 5.74) is 10.6. The van der Waals surface area contributed by atoms with Gasteiger partial charge in [0, 0.05) is 6.07 Å². The maximum Gasteiger partial charge on any atom is 0.253 e. The summed E-state index contributed by atoms with van der Waals surface area (Å²) in [6.07, 6.45) is 2.95. The fraction of sp³-hybridized carbons (Fsp3) is 0. The largest absolute Gasteiger partial charge is 0.383 e.